The van der Waals surface area contributed by atoms with Crippen LogP contribution in [0.5, 0.6) is 0 Å². The van der Waals surface area contributed by atoms with Crippen molar-refractivity contribution in [1.82, 2.24) is 0 Å². The largest absolute Gasteiger partial charge is 0.390 e. The molecule has 4 atom stereocenters. The Morgan fingerprint density at radius 2 is 1.95 bits per heavy atom. The molecule has 1 fully saturated rings. The summed E-state index contributed by atoms with van der Waals surface area (Å²) in [5.41, 5.74) is 0. The van der Waals surface area contributed by atoms with E-state index in [-0.39, 0.29) is 5.92 Å². The van der Waals surface area contributed by atoms with E-state index in [1.165, 1.54) is 0 Å². The van der Waals surface area contributed by atoms with Crippen molar-refractivity contribution in [1.29, 1.82) is 0 Å². The van der Waals surface area contributed by atoms with E-state index in [0.29, 0.717) is 12.8 Å². The fourth-order valence-corrected chi connectivity index (χ4v) is 4.12. The van der Waals surface area contributed by atoms with E-state index in [0.717, 1.165) is 12.8 Å². The van der Waals surface area contributed by atoms with Gasteiger partial charge in [0.2, 0.25) is 0 Å². The Kier molecular flexibility index (Phi) is 4.18. The van der Waals surface area contributed by atoms with Crippen molar-refractivity contribution in [3.8, 4) is 0 Å². The first-order valence-corrected chi connectivity index (χ1v) is 8.24. The molecule has 0 heterocycles. The van der Waals surface area contributed by atoms with Gasteiger partial charge in [0.15, 0.2) is 0 Å². The quantitative estimate of drug-likeness (QED) is 0.808. The van der Waals surface area contributed by atoms with Crippen LogP contribution in [0, 0.1) is 5.92 Å². The minimum absolute atomic E-state index is 0.150. The van der Waals surface area contributed by atoms with Crippen molar-refractivity contribution in [2.75, 3.05) is 0 Å². The number of hydrogen-bond acceptors (Lipinski definition) is 4. The molecule has 0 spiro atoms. The third-order valence-electron chi connectivity index (χ3n) is 4.30. The monoisotopic (exact) mass is 286 g/mol. The third-order valence-corrected chi connectivity index (χ3v) is 6.38. The number of aliphatic hydroxyl groups is 1. The average Bonchev–Trinajstić information content (AvgIpc) is 2.35. The molecule has 1 saturated carbocycles. The molecule has 2 aliphatic carbocycles. The van der Waals surface area contributed by atoms with E-state index in [9.17, 15) is 13.5 Å². The highest BCUT2D eigenvalue weighted by Crippen LogP contribution is 2.35. The van der Waals surface area contributed by atoms with Crippen LogP contribution in [0.4, 0.5) is 0 Å². The summed E-state index contributed by atoms with van der Waals surface area (Å²) < 4.78 is 29.3. The predicted octanol–water partition coefficient (Wildman–Crippen LogP) is 2.16. The maximum absolute atomic E-state index is 12.5. The van der Waals surface area contributed by atoms with Crippen molar-refractivity contribution in [2.24, 2.45) is 5.92 Å². The molecule has 0 aromatic heterocycles. The number of aliphatic hydroxyl groups excluding tert-OH is 1. The normalized spacial score (nSPS) is 39.4. The van der Waals surface area contributed by atoms with E-state index in [1.807, 2.05) is 19.1 Å². The van der Waals surface area contributed by atoms with Gasteiger partial charge in [-0.15, -0.1) is 0 Å². The Morgan fingerprint density at radius 1 is 1.26 bits per heavy atom. The molecule has 19 heavy (non-hydrogen) atoms. The zero-order valence-electron chi connectivity index (χ0n) is 11.5. The van der Waals surface area contributed by atoms with Crippen LogP contribution in [0.15, 0.2) is 24.3 Å². The summed E-state index contributed by atoms with van der Waals surface area (Å²) in [6, 6.07) is 0. The number of allylic oxidation sites excluding steroid dienone is 3. The van der Waals surface area contributed by atoms with Crippen LogP contribution in [0.2, 0.25) is 0 Å². The van der Waals surface area contributed by atoms with Crippen LogP contribution in [0.25, 0.3) is 0 Å². The van der Waals surface area contributed by atoms with Gasteiger partial charge in [0, 0.05) is 0 Å². The molecular weight excluding hydrogens is 264 g/mol. The SMILES string of the molecule is CC1C=CC=CC1(C)S(=O)(=O)OC1CCCCC1O. The van der Waals surface area contributed by atoms with E-state index in [2.05, 4.69) is 0 Å². The lowest BCUT2D eigenvalue weighted by atomic mass is 9.91. The summed E-state index contributed by atoms with van der Waals surface area (Å²) in [5.74, 6) is -0.150. The highest BCUT2D eigenvalue weighted by atomic mass is 32.2. The standard InChI is InChI=1S/C14H22O4S/c1-11-7-5-6-10-14(11,2)19(16,17)18-13-9-4-3-8-12(13)15/h5-7,10-13,15H,3-4,8-9H2,1-2H3. The first kappa shape index (κ1) is 14.8. The number of rotatable bonds is 3. The second-order valence-corrected chi connectivity index (χ2v) is 7.64. The molecule has 0 amide bonds. The Labute approximate surface area is 115 Å². The van der Waals surface area contributed by atoms with Gasteiger partial charge in [0.05, 0.1) is 6.10 Å². The van der Waals surface area contributed by atoms with E-state index in [1.54, 1.807) is 19.1 Å². The van der Waals surface area contributed by atoms with Gasteiger partial charge >= 0.3 is 0 Å². The van der Waals surface area contributed by atoms with E-state index < -0.39 is 27.1 Å². The smallest absolute Gasteiger partial charge is 0.277 e. The van der Waals surface area contributed by atoms with Gasteiger partial charge in [0.1, 0.15) is 10.9 Å². The van der Waals surface area contributed by atoms with Crippen LogP contribution < -0.4 is 0 Å². The molecule has 1 N–H and O–H groups in total. The van der Waals surface area contributed by atoms with Gasteiger partial charge in [-0.2, -0.15) is 8.42 Å². The van der Waals surface area contributed by atoms with Crippen molar-refractivity contribution >= 4 is 10.1 Å². The van der Waals surface area contributed by atoms with Crippen LogP contribution in [-0.4, -0.2) is 30.5 Å². The van der Waals surface area contributed by atoms with E-state index in [4.69, 9.17) is 4.18 Å². The topological polar surface area (TPSA) is 63.6 Å². The summed E-state index contributed by atoms with van der Waals surface area (Å²) >= 11 is 0. The fraction of sp³-hybridized carbons (Fsp3) is 0.714. The summed E-state index contributed by atoms with van der Waals surface area (Å²) in [5, 5.41) is 9.86. The summed E-state index contributed by atoms with van der Waals surface area (Å²) in [4.78, 5) is 0. The zero-order chi connectivity index (χ0) is 14.1. The second kappa shape index (κ2) is 5.38. The zero-order valence-corrected chi connectivity index (χ0v) is 12.3. The summed E-state index contributed by atoms with van der Waals surface area (Å²) in [7, 11) is -3.76. The fourth-order valence-electron chi connectivity index (χ4n) is 2.59. The molecule has 2 aliphatic rings. The molecule has 0 radical (unpaired) electrons. The van der Waals surface area contributed by atoms with Crippen LogP contribution in [-0.2, 0) is 14.3 Å². The molecule has 0 aromatic rings. The van der Waals surface area contributed by atoms with Crippen LogP contribution in [0.1, 0.15) is 39.5 Å². The maximum atomic E-state index is 12.5. The Hall–Kier alpha value is -0.650. The Balaban J connectivity index is 2.18. The van der Waals surface area contributed by atoms with Crippen molar-refractivity contribution in [2.45, 2.75) is 56.5 Å². The first-order chi connectivity index (χ1) is 8.87. The molecule has 2 rings (SSSR count). The van der Waals surface area contributed by atoms with Gasteiger partial charge in [-0.3, -0.25) is 4.18 Å². The van der Waals surface area contributed by atoms with E-state index >= 15 is 0 Å². The van der Waals surface area contributed by atoms with Gasteiger partial charge in [-0.1, -0.05) is 44.1 Å². The van der Waals surface area contributed by atoms with Gasteiger partial charge in [-0.05, 0) is 25.7 Å². The van der Waals surface area contributed by atoms with Gasteiger partial charge < -0.3 is 5.11 Å². The minimum Gasteiger partial charge on any atom is -0.390 e. The lowest BCUT2D eigenvalue weighted by Crippen LogP contribution is -2.45. The molecule has 5 heteroatoms. The number of hydrogen-bond donors (Lipinski definition) is 1. The highest BCUT2D eigenvalue weighted by Gasteiger charge is 2.45. The molecule has 4 unspecified atom stereocenters. The second-order valence-electron chi connectivity index (χ2n) is 5.66. The lowest BCUT2D eigenvalue weighted by Gasteiger charge is -2.35. The van der Waals surface area contributed by atoms with Crippen LogP contribution >= 0.6 is 0 Å². The van der Waals surface area contributed by atoms with Gasteiger partial charge in [-0.25, -0.2) is 0 Å². The molecular formula is C14H22O4S. The first-order valence-electron chi connectivity index (χ1n) is 6.84. The molecule has 0 saturated heterocycles. The van der Waals surface area contributed by atoms with Gasteiger partial charge in [0.25, 0.3) is 10.1 Å². The summed E-state index contributed by atoms with van der Waals surface area (Å²) in [6.45, 7) is 3.53. The predicted molar refractivity (Wildman–Crippen MR) is 74.1 cm³/mol. The Bertz CT molecular complexity index is 480. The minimum atomic E-state index is -3.76. The molecule has 108 valence electrons. The molecule has 0 aliphatic heterocycles. The average molecular weight is 286 g/mol. The molecule has 4 nitrogen and oxygen atoms in total. The van der Waals surface area contributed by atoms with Crippen molar-refractivity contribution in [3.05, 3.63) is 24.3 Å². The highest BCUT2D eigenvalue weighted by molar-refractivity contribution is 7.88. The molecule has 0 aromatic carbocycles. The lowest BCUT2D eigenvalue weighted by molar-refractivity contribution is 0.00876. The molecule has 0 bridgehead atoms. The summed E-state index contributed by atoms with van der Waals surface area (Å²) in [6.07, 6.45) is 8.88. The third kappa shape index (κ3) is 2.78. The Morgan fingerprint density at radius 3 is 2.58 bits per heavy atom. The van der Waals surface area contributed by atoms with Crippen LogP contribution in [0.3, 0.4) is 0 Å². The maximum Gasteiger partial charge on any atom is 0.277 e. The van der Waals surface area contributed by atoms with Crippen molar-refractivity contribution in [3.63, 3.8) is 0 Å². The van der Waals surface area contributed by atoms with Crippen molar-refractivity contribution < 1.29 is 17.7 Å².